The topological polar surface area (TPSA) is 78.5 Å². The molecule has 2 aromatic rings. The van der Waals surface area contributed by atoms with Crippen molar-refractivity contribution in [2.24, 2.45) is 5.41 Å². The van der Waals surface area contributed by atoms with E-state index in [1.54, 1.807) is 31.3 Å². The molecule has 29 heavy (non-hydrogen) atoms. The number of para-hydroxylation sites is 1. The summed E-state index contributed by atoms with van der Waals surface area (Å²) in [7, 11) is 1.57. The molecule has 0 unspecified atom stereocenters. The molecule has 0 aliphatic carbocycles. The Hall–Kier alpha value is -2.80. The summed E-state index contributed by atoms with van der Waals surface area (Å²) in [5, 5.41) is 5.65. The Morgan fingerprint density at radius 2 is 1.69 bits per heavy atom. The van der Waals surface area contributed by atoms with Crippen molar-refractivity contribution >= 4 is 40.9 Å². The molecule has 2 aromatic carbocycles. The molecule has 2 rings (SSSR count). The number of carbonyl (C=O) groups is 3. The summed E-state index contributed by atoms with van der Waals surface area (Å²) in [6.07, 6.45) is 1.94. The zero-order valence-electron chi connectivity index (χ0n) is 17.4. The van der Waals surface area contributed by atoms with E-state index < -0.39 is 5.41 Å². The fourth-order valence-corrected chi connectivity index (χ4v) is 3.05. The number of thioether (sulfide) groups is 1. The number of likely N-dealkylation sites (N-methyl/N-ethyl adjacent to an activating group) is 1. The maximum atomic E-state index is 12.7. The summed E-state index contributed by atoms with van der Waals surface area (Å²) in [6.45, 7) is 5.37. The van der Waals surface area contributed by atoms with E-state index in [1.165, 1.54) is 16.7 Å². The van der Waals surface area contributed by atoms with Crippen molar-refractivity contribution in [1.82, 2.24) is 4.90 Å². The Morgan fingerprint density at radius 1 is 1.00 bits per heavy atom. The molecule has 0 saturated carbocycles. The highest BCUT2D eigenvalue weighted by molar-refractivity contribution is 7.98. The van der Waals surface area contributed by atoms with Crippen LogP contribution in [0.15, 0.2) is 53.4 Å². The molecule has 0 bridgehead atoms. The van der Waals surface area contributed by atoms with Crippen LogP contribution in [0.4, 0.5) is 11.4 Å². The van der Waals surface area contributed by atoms with Crippen LogP contribution in [0.1, 0.15) is 31.1 Å². The Kier molecular flexibility index (Phi) is 7.45. The predicted octanol–water partition coefficient (Wildman–Crippen LogP) is 4.10. The summed E-state index contributed by atoms with van der Waals surface area (Å²) in [4.78, 5) is 39.6. The Bertz CT molecular complexity index is 906. The normalized spacial score (nSPS) is 10.9. The minimum absolute atomic E-state index is 0.0832. The molecule has 0 fully saturated rings. The molecule has 2 N–H and O–H groups in total. The van der Waals surface area contributed by atoms with Gasteiger partial charge in [-0.1, -0.05) is 39.0 Å². The molecule has 0 aromatic heterocycles. The quantitative estimate of drug-likeness (QED) is 0.699. The molecular formula is C22H27N3O3S. The molecule has 0 aliphatic heterocycles. The van der Waals surface area contributed by atoms with Gasteiger partial charge in [0.25, 0.3) is 5.91 Å². The lowest BCUT2D eigenvalue weighted by atomic mass is 9.95. The number of amides is 3. The van der Waals surface area contributed by atoms with Gasteiger partial charge in [0.05, 0.1) is 12.2 Å². The van der Waals surface area contributed by atoms with Crippen molar-refractivity contribution in [2.45, 2.75) is 25.7 Å². The third kappa shape index (κ3) is 6.35. The van der Waals surface area contributed by atoms with Gasteiger partial charge in [0.15, 0.2) is 0 Å². The number of nitrogens with zero attached hydrogens (tertiary/aromatic N) is 1. The van der Waals surface area contributed by atoms with Crippen LogP contribution in [0.25, 0.3) is 0 Å². The number of benzene rings is 2. The monoisotopic (exact) mass is 413 g/mol. The lowest BCUT2D eigenvalue weighted by Crippen LogP contribution is -2.35. The summed E-state index contributed by atoms with van der Waals surface area (Å²) in [6, 6.07) is 14.2. The minimum Gasteiger partial charge on any atom is -0.332 e. The van der Waals surface area contributed by atoms with Crippen molar-refractivity contribution in [1.29, 1.82) is 0 Å². The van der Waals surface area contributed by atoms with Gasteiger partial charge in [0.2, 0.25) is 11.8 Å². The molecule has 3 amide bonds. The Labute approximate surface area is 176 Å². The lowest BCUT2D eigenvalue weighted by molar-refractivity contribution is -0.123. The number of hydrogen-bond donors (Lipinski definition) is 2. The summed E-state index contributed by atoms with van der Waals surface area (Å²) in [5.41, 5.74) is 1.12. The van der Waals surface area contributed by atoms with Gasteiger partial charge < -0.3 is 15.5 Å². The van der Waals surface area contributed by atoms with E-state index >= 15 is 0 Å². The van der Waals surface area contributed by atoms with E-state index in [-0.39, 0.29) is 24.3 Å². The van der Waals surface area contributed by atoms with Crippen LogP contribution in [0.2, 0.25) is 0 Å². The molecule has 0 heterocycles. The molecule has 0 radical (unpaired) electrons. The van der Waals surface area contributed by atoms with Crippen LogP contribution < -0.4 is 10.6 Å². The molecule has 154 valence electrons. The highest BCUT2D eigenvalue weighted by Crippen LogP contribution is 2.24. The molecule has 0 spiro atoms. The Morgan fingerprint density at radius 3 is 2.34 bits per heavy atom. The highest BCUT2D eigenvalue weighted by Gasteiger charge is 2.22. The summed E-state index contributed by atoms with van der Waals surface area (Å²) < 4.78 is 0. The minimum atomic E-state index is -0.540. The number of nitrogens with one attached hydrogen (secondary N) is 2. The fraction of sp³-hybridized carbons (Fsp3) is 0.318. The molecule has 0 aliphatic rings. The van der Waals surface area contributed by atoms with E-state index in [0.29, 0.717) is 11.3 Å². The standard InChI is InChI=1S/C22H27N3O3S/c1-22(2,3)21(28)23-16-10-8-9-15(13-16)20(27)25(4)14-19(26)24-17-11-6-7-12-18(17)29-5/h6-13H,14H2,1-5H3,(H,23,28)(H,24,26). The first-order valence-electron chi connectivity index (χ1n) is 9.21. The van der Waals surface area contributed by atoms with Crippen LogP contribution in [0.3, 0.4) is 0 Å². The van der Waals surface area contributed by atoms with Gasteiger partial charge in [0.1, 0.15) is 0 Å². The molecule has 0 atom stereocenters. The molecule has 6 nitrogen and oxygen atoms in total. The van der Waals surface area contributed by atoms with Gasteiger partial charge in [-0.15, -0.1) is 11.8 Å². The number of carbonyl (C=O) groups excluding carboxylic acids is 3. The lowest BCUT2D eigenvalue weighted by Gasteiger charge is -2.19. The zero-order valence-corrected chi connectivity index (χ0v) is 18.2. The van der Waals surface area contributed by atoms with Crippen molar-refractivity contribution in [2.75, 3.05) is 30.5 Å². The number of anilines is 2. The van der Waals surface area contributed by atoms with Crippen molar-refractivity contribution in [3.05, 3.63) is 54.1 Å². The van der Waals surface area contributed by atoms with Gasteiger partial charge >= 0.3 is 0 Å². The largest absolute Gasteiger partial charge is 0.332 e. The first kappa shape index (κ1) is 22.5. The van der Waals surface area contributed by atoms with Crippen molar-refractivity contribution in [3.8, 4) is 0 Å². The summed E-state index contributed by atoms with van der Waals surface area (Å²) in [5.74, 6) is -0.716. The maximum Gasteiger partial charge on any atom is 0.254 e. The third-order valence-electron chi connectivity index (χ3n) is 4.16. The first-order chi connectivity index (χ1) is 13.6. The number of rotatable bonds is 6. The van der Waals surface area contributed by atoms with E-state index in [2.05, 4.69) is 10.6 Å². The van der Waals surface area contributed by atoms with Gasteiger partial charge in [0, 0.05) is 28.6 Å². The second-order valence-electron chi connectivity index (χ2n) is 7.69. The second kappa shape index (κ2) is 9.60. The number of hydrogen-bond acceptors (Lipinski definition) is 4. The fourth-order valence-electron chi connectivity index (χ4n) is 2.49. The zero-order chi connectivity index (χ0) is 21.6. The van der Waals surface area contributed by atoms with Crippen LogP contribution in [0, 0.1) is 5.41 Å². The van der Waals surface area contributed by atoms with Crippen molar-refractivity contribution < 1.29 is 14.4 Å². The molecule has 7 heteroatoms. The van der Waals surface area contributed by atoms with Crippen molar-refractivity contribution in [3.63, 3.8) is 0 Å². The van der Waals surface area contributed by atoms with Crippen LogP contribution in [-0.2, 0) is 9.59 Å². The second-order valence-corrected chi connectivity index (χ2v) is 8.54. The average Bonchev–Trinajstić information content (AvgIpc) is 2.67. The van der Waals surface area contributed by atoms with Gasteiger partial charge in [-0.3, -0.25) is 14.4 Å². The van der Waals surface area contributed by atoms with Crippen LogP contribution in [-0.4, -0.2) is 42.5 Å². The Balaban J connectivity index is 2.03. The van der Waals surface area contributed by atoms with E-state index in [0.717, 1.165) is 10.6 Å². The van der Waals surface area contributed by atoms with E-state index in [4.69, 9.17) is 0 Å². The van der Waals surface area contributed by atoms with E-state index in [1.807, 2.05) is 51.3 Å². The van der Waals surface area contributed by atoms with Gasteiger partial charge in [-0.25, -0.2) is 0 Å². The van der Waals surface area contributed by atoms with Crippen LogP contribution >= 0.6 is 11.8 Å². The molecule has 0 saturated heterocycles. The SMILES string of the molecule is CSc1ccccc1NC(=O)CN(C)C(=O)c1cccc(NC(=O)C(C)(C)C)c1. The average molecular weight is 414 g/mol. The first-order valence-corrected chi connectivity index (χ1v) is 10.4. The molecular weight excluding hydrogens is 386 g/mol. The third-order valence-corrected chi connectivity index (χ3v) is 4.95. The smallest absolute Gasteiger partial charge is 0.254 e. The van der Waals surface area contributed by atoms with E-state index in [9.17, 15) is 14.4 Å². The predicted molar refractivity (Wildman–Crippen MR) is 118 cm³/mol. The summed E-state index contributed by atoms with van der Waals surface area (Å²) >= 11 is 1.54. The van der Waals surface area contributed by atoms with Gasteiger partial charge in [-0.2, -0.15) is 0 Å². The highest BCUT2D eigenvalue weighted by atomic mass is 32.2. The maximum absolute atomic E-state index is 12.7. The van der Waals surface area contributed by atoms with Crippen LogP contribution in [0.5, 0.6) is 0 Å². The van der Waals surface area contributed by atoms with Gasteiger partial charge in [-0.05, 0) is 36.6 Å².